The van der Waals surface area contributed by atoms with Gasteiger partial charge in [-0.05, 0) is 30.0 Å². The summed E-state index contributed by atoms with van der Waals surface area (Å²) in [6.45, 7) is 0.618. The van der Waals surface area contributed by atoms with Crippen molar-refractivity contribution >= 4 is 45.5 Å². The highest BCUT2D eigenvalue weighted by Gasteiger charge is 2.16. The van der Waals surface area contributed by atoms with Crippen molar-refractivity contribution in [2.75, 3.05) is 16.9 Å². The van der Waals surface area contributed by atoms with Gasteiger partial charge in [-0.1, -0.05) is 30.3 Å². The summed E-state index contributed by atoms with van der Waals surface area (Å²) in [6, 6.07) is 15.6. The molecule has 5 nitrogen and oxygen atoms in total. The first-order valence-corrected chi connectivity index (χ1v) is 10.0. The second kappa shape index (κ2) is 8.64. The quantitative estimate of drug-likeness (QED) is 0.416. The van der Waals surface area contributed by atoms with Gasteiger partial charge in [0.2, 0.25) is 0 Å². The van der Waals surface area contributed by atoms with E-state index in [0.717, 1.165) is 11.3 Å². The van der Waals surface area contributed by atoms with Crippen LogP contribution >= 0.6 is 23.1 Å². The van der Waals surface area contributed by atoms with Crippen LogP contribution in [0, 0.1) is 5.41 Å². The summed E-state index contributed by atoms with van der Waals surface area (Å²) in [6.07, 6.45) is 3.66. The van der Waals surface area contributed by atoms with E-state index in [1.807, 2.05) is 24.5 Å². The molecule has 1 amide bonds. The van der Waals surface area contributed by atoms with Crippen LogP contribution < -0.4 is 10.6 Å². The number of aromatic nitrogens is 1. The molecule has 26 heavy (non-hydrogen) atoms. The van der Waals surface area contributed by atoms with E-state index in [1.54, 1.807) is 29.4 Å². The second-order valence-electron chi connectivity index (χ2n) is 5.41. The minimum absolute atomic E-state index is 0.0963. The molecule has 2 aromatic carbocycles. The van der Waals surface area contributed by atoms with Crippen molar-refractivity contribution in [3.8, 4) is 0 Å². The van der Waals surface area contributed by atoms with Crippen LogP contribution in [-0.4, -0.2) is 22.9 Å². The van der Waals surface area contributed by atoms with Crippen LogP contribution in [0.1, 0.15) is 11.1 Å². The van der Waals surface area contributed by atoms with Crippen LogP contribution in [0.4, 0.5) is 10.8 Å². The first-order chi connectivity index (χ1) is 12.7. The molecule has 0 aliphatic rings. The third-order valence-electron chi connectivity index (χ3n) is 3.72. The summed E-state index contributed by atoms with van der Waals surface area (Å²) in [5, 5.41) is 16.5. The predicted molar refractivity (Wildman–Crippen MR) is 110 cm³/mol. The van der Waals surface area contributed by atoms with E-state index in [0.29, 0.717) is 17.2 Å². The Morgan fingerprint density at radius 3 is 2.65 bits per heavy atom. The van der Waals surface area contributed by atoms with E-state index in [1.165, 1.54) is 16.2 Å². The van der Waals surface area contributed by atoms with Crippen LogP contribution in [0.3, 0.4) is 0 Å². The molecule has 0 saturated heterocycles. The lowest BCUT2D eigenvalue weighted by atomic mass is 10.1. The summed E-state index contributed by atoms with van der Waals surface area (Å²) in [5.41, 5.74) is 2.35. The molecule has 0 unspecified atom stereocenters. The van der Waals surface area contributed by atoms with Gasteiger partial charge in [0.25, 0.3) is 5.91 Å². The maximum Gasteiger partial charge on any atom is 0.276 e. The van der Waals surface area contributed by atoms with Crippen molar-refractivity contribution < 1.29 is 4.79 Å². The highest BCUT2D eigenvalue weighted by atomic mass is 32.2. The fraction of sp³-hybridized carbons (Fsp3) is 0.105. The number of amides is 1. The Kier molecular flexibility index (Phi) is 6.04. The lowest BCUT2D eigenvalue weighted by Crippen LogP contribution is -2.23. The van der Waals surface area contributed by atoms with Gasteiger partial charge in [-0.25, -0.2) is 4.98 Å². The fourth-order valence-corrected chi connectivity index (χ4v) is 3.30. The summed E-state index contributed by atoms with van der Waals surface area (Å²) in [4.78, 5) is 17.5. The lowest BCUT2D eigenvalue weighted by molar-refractivity contribution is -0.110. The number of thiazole rings is 1. The Bertz CT molecular complexity index is 892. The Hall–Kier alpha value is -2.64. The number of anilines is 2. The summed E-state index contributed by atoms with van der Waals surface area (Å²) < 4.78 is 0. The monoisotopic (exact) mass is 382 g/mol. The first kappa shape index (κ1) is 18.2. The number of rotatable bonds is 7. The SMILES string of the molecule is CSc1ccc(CNc2ccccc2C(=N)C(=O)Nc2nccs2)cc1. The molecule has 0 aliphatic carbocycles. The van der Waals surface area contributed by atoms with E-state index in [9.17, 15) is 4.79 Å². The molecular weight excluding hydrogens is 364 g/mol. The van der Waals surface area contributed by atoms with Crippen LogP contribution in [-0.2, 0) is 11.3 Å². The molecule has 3 aromatic rings. The van der Waals surface area contributed by atoms with Gasteiger partial charge < -0.3 is 5.32 Å². The molecule has 7 heteroatoms. The standard InChI is InChI=1S/C19H18N4OS2/c1-25-14-8-6-13(7-9-14)12-22-16-5-3-2-4-15(16)17(20)18(24)23-19-21-10-11-26-19/h2-11,20,22H,12H2,1H3,(H,21,23,24). The molecule has 3 N–H and O–H groups in total. The zero-order chi connectivity index (χ0) is 18.4. The van der Waals surface area contributed by atoms with Crippen molar-refractivity contribution in [2.45, 2.75) is 11.4 Å². The van der Waals surface area contributed by atoms with Gasteiger partial charge >= 0.3 is 0 Å². The molecule has 0 fully saturated rings. The highest BCUT2D eigenvalue weighted by molar-refractivity contribution is 7.98. The van der Waals surface area contributed by atoms with E-state index in [2.05, 4.69) is 39.9 Å². The maximum absolute atomic E-state index is 12.3. The highest BCUT2D eigenvalue weighted by Crippen LogP contribution is 2.20. The summed E-state index contributed by atoms with van der Waals surface area (Å²) in [5.74, 6) is -0.474. The number of para-hydroxylation sites is 1. The Morgan fingerprint density at radius 1 is 1.19 bits per heavy atom. The number of thioether (sulfide) groups is 1. The normalized spacial score (nSPS) is 10.3. The van der Waals surface area contributed by atoms with E-state index < -0.39 is 5.91 Å². The number of carbonyl (C=O) groups excluding carboxylic acids is 1. The summed E-state index contributed by atoms with van der Waals surface area (Å²) >= 11 is 3.03. The van der Waals surface area contributed by atoms with Gasteiger partial charge in [0.15, 0.2) is 5.13 Å². The average molecular weight is 383 g/mol. The topological polar surface area (TPSA) is 77.9 Å². The van der Waals surface area contributed by atoms with Crippen molar-refractivity contribution in [1.82, 2.24) is 4.98 Å². The van der Waals surface area contributed by atoms with Crippen LogP contribution in [0.25, 0.3) is 0 Å². The number of nitrogens with one attached hydrogen (secondary N) is 3. The molecule has 0 atom stereocenters. The fourth-order valence-electron chi connectivity index (χ4n) is 2.36. The third kappa shape index (κ3) is 4.50. The Balaban J connectivity index is 1.70. The van der Waals surface area contributed by atoms with Crippen molar-refractivity contribution in [3.63, 3.8) is 0 Å². The second-order valence-corrected chi connectivity index (χ2v) is 7.19. The van der Waals surface area contributed by atoms with Crippen LogP contribution in [0.5, 0.6) is 0 Å². The van der Waals surface area contributed by atoms with Crippen molar-refractivity contribution in [3.05, 3.63) is 71.2 Å². The number of benzene rings is 2. The molecular formula is C19H18N4OS2. The minimum atomic E-state index is -0.474. The minimum Gasteiger partial charge on any atom is -0.380 e. The van der Waals surface area contributed by atoms with Gasteiger partial charge in [-0.15, -0.1) is 23.1 Å². The third-order valence-corrected chi connectivity index (χ3v) is 5.15. The van der Waals surface area contributed by atoms with E-state index >= 15 is 0 Å². The number of hydrogen-bond donors (Lipinski definition) is 3. The number of hydrogen-bond acceptors (Lipinski definition) is 6. The number of nitrogens with zero attached hydrogens (tertiary/aromatic N) is 1. The van der Waals surface area contributed by atoms with Gasteiger partial charge in [-0.3, -0.25) is 15.5 Å². The molecule has 1 heterocycles. The smallest absolute Gasteiger partial charge is 0.276 e. The van der Waals surface area contributed by atoms with Crippen LogP contribution in [0.15, 0.2) is 65.0 Å². The molecule has 0 aliphatic heterocycles. The first-order valence-electron chi connectivity index (χ1n) is 7.93. The van der Waals surface area contributed by atoms with Gasteiger partial charge in [0.05, 0.1) is 0 Å². The Morgan fingerprint density at radius 2 is 1.96 bits per heavy atom. The van der Waals surface area contributed by atoms with E-state index in [4.69, 9.17) is 5.41 Å². The van der Waals surface area contributed by atoms with Gasteiger partial charge in [0, 0.05) is 34.3 Å². The average Bonchev–Trinajstić information content (AvgIpc) is 3.19. The maximum atomic E-state index is 12.3. The zero-order valence-electron chi connectivity index (χ0n) is 14.2. The molecule has 0 spiro atoms. The van der Waals surface area contributed by atoms with Crippen molar-refractivity contribution in [2.24, 2.45) is 0 Å². The van der Waals surface area contributed by atoms with E-state index in [-0.39, 0.29) is 5.71 Å². The van der Waals surface area contributed by atoms with Gasteiger partial charge in [-0.2, -0.15) is 0 Å². The molecule has 0 saturated carbocycles. The molecule has 0 radical (unpaired) electrons. The molecule has 132 valence electrons. The predicted octanol–water partition coefficient (Wildman–Crippen LogP) is 4.48. The zero-order valence-corrected chi connectivity index (χ0v) is 15.8. The summed E-state index contributed by atoms with van der Waals surface area (Å²) in [7, 11) is 0. The van der Waals surface area contributed by atoms with Gasteiger partial charge in [0.1, 0.15) is 5.71 Å². The lowest BCUT2D eigenvalue weighted by Gasteiger charge is -2.13. The largest absolute Gasteiger partial charge is 0.380 e. The number of carbonyl (C=O) groups is 1. The molecule has 0 bridgehead atoms. The Labute approximate surface area is 160 Å². The molecule has 1 aromatic heterocycles. The molecule has 3 rings (SSSR count). The van der Waals surface area contributed by atoms with Crippen LogP contribution in [0.2, 0.25) is 0 Å². The van der Waals surface area contributed by atoms with Crippen molar-refractivity contribution in [1.29, 1.82) is 5.41 Å².